The molecule has 5 heteroatoms. The van der Waals surface area contributed by atoms with Gasteiger partial charge in [0.2, 0.25) is 0 Å². The van der Waals surface area contributed by atoms with Gasteiger partial charge in [-0.05, 0) is 50.7 Å². The first-order valence-electron chi connectivity index (χ1n) is 10.9. The summed E-state index contributed by atoms with van der Waals surface area (Å²) in [5, 5.41) is 3.62. The van der Waals surface area contributed by atoms with Crippen LogP contribution in [0, 0.1) is 0 Å². The van der Waals surface area contributed by atoms with E-state index >= 15 is 0 Å². The summed E-state index contributed by atoms with van der Waals surface area (Å²) >= 11 is 0. The van der Waals surface area contributed by atoms with E-state index in [0.717, 1.165) is 72.9 Å². The molecule has 0 aliphatic heterocycles. The predicted molar refractivity (Wildman–Crippen MR) is 120 cm³/mol. The summed E-state index contributed by atoms with van der Waals surface area (Å²) in [7, 11) is 2.08. The molecule has 0 aliphatic carbocycles. The average Bonchev–Trinajstić information content (AvgIpc) is 2.75. The third-order valence-corrected chi connectivity index (χ3v) is 5.51. The number of aryl methyl sites for hydroxylation is 3. The summed E-state index contributed by atoms with van der Waals surface area (Å²) in [4.78, 5) is 17.0. The minimum atomic E-state index is 0.437. The van der Waals surface area contributed by atoms with E-state index in [1.807, 2.05) is 6.20 Å². The van der Waals surface area contributed by atoms with E-state index in [1.165, 1.54) is 5.56 Å². The van der Waals surface area contributed by atoms with Crippen molar-refractivity contribution in [2.75, 3.05) is 23.8 Å². The first-order valence-corrected chi connectivity index (χ1v) is 10.9. The second-order valence-corrected chi connectivity index (χ2v) is 7.25. The van der Waals surface area contributed by atoms with Crippen molar-refractivity contribution in [3.63, 3.8) is 0 Å². The number of hydrogen-bond acceptors (Lipinski definition) is 5. The molecule has 2 aromatic rings. The highest BCUT2D eigenvalue weighted by Gasteiger charge is 2.18. The molecule has 0 atom stereocenters. The lowest BCUT2D eigenvalue weighted by atomic mass is 10.0. The summed E-state index contributed by atoms with van der Waals surface area (Å²) in [5.74, 6) is 1.96. The Kier molecular flexibility index (Phi) is 8.21. The number of aromatic nitrogens is 3. The van der Waals surface area contributed by atoms with Gasteiger partial charge in [-0.1, -0.05) is 34.6 Å². The topological polar surface area (TPSA) is 53.9 Å². The quantitative estimate of drug-likeness (QED) is 0.605. The third kappa shape index (κ3) is 4.81. The monoisotopic (exact) mass is 383 g/mol. The van der Waals surface area contributed by atoms with Crippen LogP contribution in [0.2, 0.25) is 0 Å². The largest absolute Gasteiger partial charge is 0.366 e. The highest BCUT2D eigenvalue weighted by Crippen LogP contribution is 2.30. The van der Waals surface area contributed by atoms with Gasteiger partial charge < -0.3 is 10.2 Å². The van der Waals surface area contributed by atoms with Gasteiger partial charge in [-0.15, -0.1) is 0 Å². The number of nitrogens with zero attached hydrogens (tertiary/aromatic N) is 4. The summed E-state index contributed by atoms with van der Waals surface area (Å²) < 4.78 is 0. The van der Waals surface area contributed by atoms with Crippen LogP contribution in [0.5, 0.6) is 0 Å². The fourth-order valence-corrected chi connectivity index (χ4v) is 3.38. The van der Waals surface area contributed by atoms with Crippen LogP contribution in [0.25, 0.3) is 11.3 Å². The van der Waals surface area contributed by atoms with E-state index in [4.69, 9.17) is 15.0 Å². The smallest absolute Gasteiger partial charge is 0.148 e. The van der Waals surface area contributed by atoms with Crippen molar-refractivity contribution >= 4 is 11.6 Å². The highest BCUT2D eigenvalue weighted by atomic mass is 15.1. The molecule has 0 saturated heterocycles. The maximum atomic E-state index is 5.08. The van der Waals surface area contributed by atoms with Gasteiger partial charge in [-0.25, -0.2) is 15.0 Å². The molecule has 0 saturated carbocycles. The van der Waals surface area contributed by atoms with Crippen molar-refractivity contribution in [1.29, 1.82) is 0 Å². The van der Waals surface area contributed by atoms with Gasteiger partial charge in [0.25, 0.3) is 0 Å². The summed E-state index contributed by atoms with van der Waals surface area (Å²) in [6, 6.07) is 2.63. The van der Waals surface area contributed by atoms with Gasteiger partial charge in [0, 0.05) is 31.4 Å². The molecule has 2 rings (SSSR count). The van der Waals surface area contributed by atoms with Crippen LogP contribution >= 0.6 is 0 Å². The first-order chi connectivity index (χ1) is 13.5. The van der Waals surface area contributed by atoms with Gasteiger partial charge in [-0.3, -0.25) is 0 Å². The molecule has 2 aromatic heterocycles. The highest BCUT2D eigenvalue weighted by molar-refractivity contribution is 5.68. The van der Waals surface area contributed by atoms with E-state index < -0.39 is 0 Å². The van der Waals surface area contributed by atoms with Crippen molar-refractivity contribution < 1.29 is 0 Å². The minimum absolute atomic E-state index is 0.437. The van der Waals surface area contributed by atoms with Gasteiger partial charge in [0.15, 0.2) is 0 Å². The molecule has 0 fully saturated rings. The van der Waals surface area contributed by atoms with Crippen molar-refractivity contribution in [2.45, 2.75) is 79.7 Å². The van der Waals surface area contributed by atoms with Crippen molar-refractivity contribution in [3.8, 4) is 11.3 Å². The van der Waals surface area contributed by atoms with Gasteiger partial charge >= 0.3 is 0 Å². The van der Waals surface area contributed by atoms with Crippen molar-refractivity contribution in [3.05, 3.63) is 29.2 Å². The van der Waals surface area contributed by atoms with Crippen molar-refractivity contribution in [2.24, 2.45) is 0 Å². The van der Waals surface area contributed by atoms with Crippen LogP contribution < -0.4 is 10.2 Å². The zero-order valence-electron chi connectivity index (χ0n) is 18.8. The van der Waals surface area contributed by atoms with Crippen LogP contribution in [0.15, 0.2) is 12.3 Å². The van der Waals surface area contributed by atoms with Crippen LogP contribution in [0.1, 0.15) is 71.3 Å². The van der Waals surface area contributed by atoms with E-state index in [2.05, 4.69) is 64.9 Å². The zero-order valence-corrected chi connectivity index (χ0v) is 18.8. The second-order valence-electron chi connectivity index (χ2n) is 7.25. The molecule has 0 unspecified atom stereocenters. The molecular weight excluding hydrogens is 346 g/mol. The van der Waals surface area contributed by atoms with E-state index in [-0.39, 0.29) is 0 Å². The normalized spacial score (nSPS) is 11.1. The average molecular weight is 384 g/mol. The van der Waals surface area contributed by atoms with Gasteiger partial charge in [-0.2, -0.15) is 0 Å². The molecule has 0 amide bonds. The fourth-order valence-electron chi connectivity index (χ4n) is 3.38. The lowest BCUT2D eigenvalue weighted by Crippen LogP contribution is -2.20. The molecular formula is C23H37N5. The Hall–Kier alpha value is -2.17. The molecule has 0 bridgehead atoms. The number of hydrogen-bond donors (Lipinski definition) is 1. The molecule has 28 heavy (non-hydrogen) atoms. The van der Waals surface area contributed by atoms with Gasteiger partial charge in [0.05, 0.1) is 17.1 Å². The second kappa shape index (κ2) is 10.4. The SMILES string of the molecule is CCc1cc(N(C)CC)ncc1-c1nc(CC)c(NC(CC)CC)nc1CC. The minimum Gasteiger partial charge on any atom is -0.366 e. The predicted octanol–water partition coefficient (Wildman–Crippen LogP) is 5.28. The maximum Gasteiger partial charge on any atom is 0.148 e. The molecule has 0 aromatic carbocycles. The van der Waals surface area contributed by atoms with Crippen LogP contribution in [-0.2, 0) is 19.3 Å². The molecule has 1 N–H and O–H groups in total. The Morgan fingerprint density at radius 3 is 2.14 bits per heavy atom. The number of pyridine rings is 1. The number of anilines is 2. The van der Waals surface area contributed by atoms with Crippen LogP contribution in [-0.4, -0.2) is 34.6 Å². The molecule has 154 valence electrons. The van der Waals surface area contributed by atoms with Crippen LogP contribution in [0.3, 0.4) is 0 Å². The molecule has 0 aliphatic rings. The maximum absolute atomic E-state index is 5.08. The number of rotatable bonds is 10. The first kappa shape index (κ1) is 22.1. The standard InChI is InChI=1S/C23H37N5/c1-8-16-14-21(28(7)13-6)24-15-18(16)22-19(11-4)27-23(20(12-5)26-22)25-17(9-2)10-3/h14-15,17H,8-13H2,1-7H3,(H,25,27). The van der Waals surface area contributed by atoms with Crippen molar-refractivity contribution in [1.82, 2.24) is 15.0 Å². The number of nitrogens with one attached hydrogen (secondary N) is 1. The van der Waals surface area contributed by atoms with E-state index in [9.17, 15) is 0 Å². The molecule has 0 radical (unpaired) electrons. The van der Waals surface area contributed by atoms with E-state index in [0.29, 0.717) is 6.04 Å². The molecule has 5 nitrogen and oxygen atoms in total. The molecule has 0 spiro atoms. The fraction of sp³-hybridized carbons (Fsp3) is 0.609. The summed E-state index contributed by atoms with van der Waals surface area (Å²) in [6.07, 6.45) is 6.81. The lowest BCUT2D eigenvalue weighted by molar-refractivity contribution is 0.665. The summed E-state index contributed by atoms with van der Waals surface area (Å²) in [5.41, 5.74) is 5.46. The van der Waals surface area contributed by atoms with Crippen LogP contribution in [0.4, 0.5) is 11.6 Å². The zero-order chi connectivity index (χ0) is 20.7. The Morgan fingerprint density at radius 1 is 0.929 bits per heavy atom. The van der Waals surface area contributed by atoms with E-state index in [1.54, 1.807) is 0 Å². The Labute approximate surface area is 171 Å². The Balaban J connectivity index is 2.56. The lowest BCUT2D eigenvalue weighted by Gasteiger charge is -2.21. The molecule has 2 heterocycles. The Morgan fingerprint density at radius 2 is 1.61 bits per heavy atom. The third-order valence-electron chi connectivity index (χ3n) is 5.51. The summed E-state index contributed by atoms with van der Waals surface area (Å²) in [6.45, 7) is 14.0. The Bertz CT molecular complexity index is 768. The van der Waals surface area contributed by atoms with Gasteiger partial charge in [0.1, 0.15) is 11.6 Å².